The molecular weight excluding hydrogens is 220 g/mol. The predicted octanol–water partition coefficient (Wildman–Crippen LogP) is -1.69. The van der Waals surface area contributed by atoms with Gasteiger partial charge >= 0.3 is 12.1 Å². The number of hydrogen-bond acceptors (Lipinski definition) is 6. The molecule has 1 aliphatic rings. The van der Waals surface area contributed by atoms with Gasteiger partial charge in [0.05, 0.1) is 7.11 Å². The lowest BCUT2D eigenvalue weighted by atomic mass is 10.1. The summed E-state index contributed by atoms with van der Waals surface area (Å²) in [5.41, 5.74) is 1.90. The van der Waals surface area contributed by atoms with Crippen LogP contribution in [0.2, 0.25) is 0 Å². The quantitative estimate of drug-likeness (QED) is 0.295. The molecule has 0 aromatic rings. The second-order valence-electron chi connectivity index (χ2n) is 2.67. The number of hydrogen-bond donors (Lipinski definition) is 3. The number of imide groups is 2. The van der Waals surface area contributed by atoms with E-state index < -0.39 is 29.9 Å². The van der Waals surface area contributed by atoms with Crippen molar-refractivity contribution >= 4 is 30.2 Å². The van der Waals surface area contributed by atoms with E-state index in [0.717, 1.165) is 13.3 Å². The minimum Gasteiger partial charge on any atom is -0.452 e. The van der Waals surface area contributed by atoms with Crippen molar-refractivity contribution in [3.8, 4) is 0 Å². The van der Waals surface area contributed by atoms with Gasteiger partial charge in [-0.2, -0.15) is 5.10 Å². The van der Waals surface area contributed by atoms with E-state index >= 15 is 0 Å². The fourth-order valence-electron chi connectivity index (χ4n) is 0.875. The van der Waals surface area contributed by atoms with Gasteiger partial charge in [-0.1, -0.05) is 0 Å². The van der Waals surface area contributed by atoms with Gasteiger partial charge in [0.2, 0.25) is 11.8 Å². The standard InChI is InChI=1S/C7H8N4O5/c1-16-7(15)11-8-2-3-4(12)9-6(14)10-5(3)13/h2-3H,1H3,(H,11,15)(H2,9,10,12,13,14)/b8-2+. The number of amides is 5. The molecule has 0 atom stereocenters. The summed E-state index contributed by atoms with van der Waals surface area (Å²) in [6, 6.07) is -0.888. The Balaban J connectivity index is 2.59. The molecule has 16 heavy (non-hydrogen) atoms. The SMILES string of the molecule is COC(=O)N/N=C/C1C(=O)NC(=O)NC1=O. The normalized spacial score (nSPS) is 16.9. The smallest absolute Gasteiger partial charge is 0.427 e. The number of nitrogens with one attached hydrogen (secondary N) is 3. The summed E-state index contributed by atoms with van der Waals surface area (Å²) in [6.07, 6.45) is 0.0394. The van der Waals surface area contributed by atoms with Crippen molar-refractivity contribution in [2.75, 3.05) is 7.11 Å². The van der Waals surface area contributed by atoms with Crippen molar-refractivity contribution in [2.24, 2.45) is 11.0 Å². The Kier molecular flexibility index (Phi) is 3.53. The minimum absolute atomic E-state index is 0.816. The number of ether oxygens (including phenoxy) is 1. The van der Waals surface area contributed by atoms with Crippen LogP contribution in [-0.4, -0.2) is 37.3 Å². The number of carbonyl (C=O) groups is 4. The molecule has 0 aromatic heterocycles. The number of urea groups is 1. The first kappa shape index (κ1) is 11.6. The van der Waals surface area contributed by atoms with Crippen LogP contribution >= 0.6 is 0 Å². The highest BCUT2D eigenvalue weighted by molar-refractivity contribution is 6.23. The Hall–Kier alpha value is -2.45. The fraction of sp³-hybridized carbons (Fsp3) is 0.286. The summed E-state index contributed by atoms with van der Waals surface area (Å²) in [4.78, 5) is 43.5. The van der Waals surface area contributed by atoms with Gasteiger partial charge in [-0.3, -0.25) is 20.2 Å². The van der Waals surface area contributed by atoms with E-state index in [0.29, 0.717) is 0 Å². The summed E-state index contributed by atoms with van der Waals surface area (Å²) in [5, 5.41) is 7.04. The Bertz CT molecular complexity index is 357. The van der Waals surface area contributed by atoms with Crippen LogP contribution in [0.4, 0.5) is 9.59 Å². The topological polar surface area (TPSA) is 126 Å². The van der Waals surface area contributed by atoms with Gasteiger partial charge in [-0.25, -0.2) is 15.0 Å². The van der Waals surface area contributed by atoms with Crippen LogP contribution in [0.3, 0.4) is 0 Å². The van der Waals surface area contributed by atoms with Gasteiger partial charge in [-0.15, -0.1) is 0 Å². The molecule has 0 aromatic carbocycles. The van der Waals surface area contributed by atoms with Crippen molar-refractivity contribution in [2.45, 2.75) is 0 Å². The van der Waals surface area contributed by atoms with Gasteiger partial charge in [0.25, 0.3) is 0 Å². The lowest BCUT2D eigenvalue weighted by Crippen LogP contribution is -2.56. The number of methoxy groups -OCH3 is 1. The molecule has 1 heterocycles. The number of nitrogens with zero attached hydrogens (tertiary/aromatic N) is 1. The molecule has 1 rings (SSSR count). The summed E-state index contributed by atoms with van der Waals surface area (Å²) in [5.74, 6) is -2.90. The monoisotopic (exact) mass is 228 g/mol. The van der Waals surface area contributed by atoms with Crippen LogP contribution in [0.15, 0.2) is 5.10 Å². The van der Waals surface area contributed by atoms with E-state index in [9.17, 15) is 19.2 Å². The third kappa shape index (κ3) is 2.77. The van der Waals surface area contributed by atoms with E-state index in [1.54, 1.807) is 0 Å². The molecule has 9 heteroatoms. The van der Waals surface area contributed by atoms with Crippen LogP contribution in [0, 0.1) is 5.92 Å². The first-order valence-corrected chi connectivity index (χ1v) is 4.07. The fourth-order valence-corrected chi connectivity index (χ4v) is 0.875. The lowest BCUT2D eigenvalue weighted by molar-refractivity contribution is -0.132. The van der Waals surface area contributed by atoms with Gasteiger partial charge in [0, 0.05) is 6.21 Å². The molecule has 0 radical (unpaired) electrons. The Morgan fingerprint density at radius 3 is 2.44 bits per heavy atom. The molecule has 9 nitrogen and oxygen atoms in total. The van der Waals surface area contributed by atoms with Gasteiger partial charge in [-0.05, 0) is 0 Å². The second-order valence-corrected chi connectivity index (χ2v) is 2.67. The lowest BCUT2D eigenvalue weighted by Gasteiger charge is -2.16. The Morgan fingerprint density at radius 1 is 1.38 bits per heavy atom. The van der Waals surface area contributed by atoms with E-state index in [1.807, 2.05) is 16.1 Å². The molecule has 3 N–H and O–H groups in total. The molecule has 1 aliphatic heterocycles. The molecule has 0 bridgehead atoms. The van der Waals surface area contributed by atoms with Crippen molar-refractivity contribution in [3.63, 3.8) is 0 Å². The third-order valence-electron chi connectivity index (χ3n) is 1.60. The first-order valence-electron chi connectivity index (χ1n) is 4.07. The molecule has 0 spiro atoms. The highest BCUT2D eigenvalue weighted by atomic mass is 16.5. The zero-order valence-electron chi connectivity index (χ0n) is 8.14. The molecule has 1 saturated heterocycles. The summed E-state index contributed by atoms with van der Waals surface area (Å²) >= 11 is 0. The van der Waals surface area contributed by atoms with Crippen LogP contribution in [0.25, 0.3) is 0 Å². The van der Waals surface area contributed by atoms with Crippen LogP contribution in [-0.2, 0) is 14.3 Å². The average Bonchev–Trinajstić information content (AvgIpc) is 2.21. The van der Waals surface area contributed by atoms with Crippen molar-refractivity contribution in [1.82, 2.24) is 16.1 Å². The van der Waals surface area contributed by atoms with E-state index in [1.165, 1.54) is 0 Å². The Morgan fingerprint density at radius 2 is 1.94 bits per heavy atom. The van der Waals surface area contributed by atoms with Crippen molar-refractivity contribution < 1.29 is 23.9 Å². The maximum atomic E-state index is 11.1. The molecular formula is C7H8N4O5. The van der Waals surface area contributed by atoms with E-state index in [-0.39, 0.29) is 0 Å². The molecule has 1 fully saturated rings. The molecule has 0 saturated carbocycles. The minimum atomic E-state index is -1.27. The van der Waals surface area contributed by atoms with Gasteiger partial charge in [0.1, 0.15) is 0 Å². The second kappa shape index (κ2) is 4.87. The van der Waals surface area contributed by atoms with Crippen LogP contribution < -0.4 is 16.1 Å². The first-order chi connectivity index (χ1) is 7.54. The molecule has 5 amide bonds. The van der Waals surface area contributed by atoms with Crippen LogP contribution in [0.1, 0.15) is 0 Å². The summed E-state index contributed by atoms with van der Waals surface area (Å²) in [6.45, 7) is 0. The number of hydrazone groups is 1. The van der Waals surface area contributed by atoms with Gasteiger partial charge in [0.15, 0.2) is 5.92 Å². The number of barbiturate groups is 1. The number of carbonyl (C=O) groups excluding carboxylic acids is 4. The maximum absolute atomic E-state index is 11.1. The largest absolute Gasteiger partial charge is 0.452 e. The third-order valence-corrected chi connectivity index (χ3v) is 1.60. The van der Waals surface area contributed by atoms with E-state index in [4.69, 9.17) is 0 Å². The summed E-state index contributed by atoms with van der Waals surface area (Å²) in [7, 11) is 1.13. The van der Waals surface area contributed by atoms with E-state index in [2.05, 4.69) is 9.84 Å². The molecule has 0 unspecified atom stereocenters. The predicted molar refractivity (Wildman–Crippen MR) is 49.2 cm³/mol. The highest BCUT2D eigenvalue weighted by Crippen LogP contribution is 1.98. The maximum Gasteiger partial charge on any atom is 0.427 e. The van der Waals surface area contributed by atoms with Crippen molar-refractivity contribution in [3.05, 3.63) is 0 Å². The number of rotatable bonds is 2. The van der Waals surface area contributed by atoms with Crippen LogP contribution in [0.5, 0.6) is 0 Å². The van der Waals surface area contributed by atoms with Crippen molar-refractivity contribution in [1.29, 1.82) is 0 Å². The highest BCUT2D eigenvalue weighted by Gasteiger charge is 2.32. The molecule has 86 valence electrons. The Labute approximate surface area is 89.2 Å². The average molecular weight is 228 g/mol. The zero-order valence-corrected chi connectivity index (χ0v) is 8.14. The zero-order chi connectivity index (χ0) is 12.1. The van der Waals surface area contributed by atoms with Gasteiger partial charge < -0.3 is 4.74 Å². The molecule has 0 aliphatic carbocycles. The summed E-state index contributed by atoms with van der Waals surface area (Å²) < 4.78 is 4.19.